The summed E-state index contributed by atoms with van der Waals surface area (Å²) < 4.78 is 5.94. The molecule has 0 aromatic rings. The molecule has 0 amide bonds. The molecular weight excluding hydrogens is 380 g/mol. The Labute approximate surface area is 192 Å². The minimum atomic E-state index is 0.148. The van der Waals surface area contributed by atoms with Crippen LogP contribution in [-0.2, 0) is 4.74 Å². The highest BCUT2D eigenvalue weighted by molar-refractivity contribution is 5.25. The molecule has 1 N–H and O–H groups in total. The van der Waals surface area contributed by atoms with Gasteiger partial charge in [-0.05, 0) is 97.7 Å². The molecule has 0 spiro atoms. The third-order valence-electron chi connectivity index (χ3n) is 10.7. The van der Waals surface area contributed by atoms with Crippen LogP contribution in [0.1, 0.15) is 105 Å². The standard InChI is InChI=1S/C29H50O2/c1-20(2)7-6-8-21(3)25-11-12-26-24-10-9-22-19-23(31-18-17-30)13-15-28(22,4)27(24)14-16-29(25,26)5/h9,20-21,23-27,30H,6-8,10-19H2,1-5H3/t21?,23-,24-,25+,26-,27-,28-,29+/m0/s1. The monoisotopic (exact) mass is 430 g/mol. The maximum Gasteiger partial charge on any atom is 0.0701 e. The number of aliphatic hydroxyl groups is 1. The van der Waals surface area contributed by atoms with Crippen LogP contribution >= 0.6 is 0 Å². The van der Waals surface area contributed by atoms with Crippen LogP contribution in [0.25, 0.3) is 0 Å². The Hall–Kier alpha value is -0.340. The van der Waals surface area contributed by atoms with E-state index in [-0.39, 0.29) is 6.61 Å². The number of hydrogen-bond acceptors (Lipinski definition) is 2. The summed E-state index contributed by atoms with van der Waals surface area (Å²) >= 11 is 0. The van der Waals surface area contributed by atoms with E-state index in [0.29, 0.717) is 23.5 Å². The average molecular weight is 431 g/mol. The first-order valence-corrected chi connectivity index (χ1v) is 13.7. The molecule has 3 saturated carbocycles. The lowest BCUT2D eigenvalue weighted by molar-refractivity contribution is -0.0658. The SMILES string of the molecule is CC(C)CCCC(C)[C@H]1CC[C@H]2[C@@H]3CC=C4C[C@@H](OCCO)CC[C@]4(C)[C@H]3CC[C@]12C. The largest absolute Gasteiger partial charge is 0.394 e. The summed E-state index contributed by atoms with van der Waals surface area (Å²) in [5.74, 6) is 5.44. The van der Waals surface area contributed by atoms with Gasteiger partial charge >= 0.3 is 0 Å². The lowest BCUT2D eigenvalue weighted by Crippen LogP contribution is -2.51. The van der Waals surface area contributed by atoms with Crippen LogP contribution < -0.4 is 0 Å². The van der Waals surface area contributed by atoms with Gasteiger partial charge in [0.1, 0.15) is 0 Å². The predicted octanol–water partition coefficient (Wildman–Crippen LogP) is 7.41. The fraction of sp³-hybridized carbons (Fsp3) is 0.931. The van der Waals surface area contributed by atoms with Gasteiger partial charge in [-0.25, -0.2) is 0 Å². The molecule has 0 heterocycles. The molecule has 1 unspecified atom stereocenters. The van der Waals surface area contributed by atoms with Gasteiger partial charge in [0.05, 0.1) is 19.3 Å². The molecule has 0 aliphatic heterocycles. The summed E-state index contributed by atoms with van der Waals surface area (Å²) in [5, 5.41) is 9.14. The summed E-state index contributed by atoms with van der Waals surface area (Å²) in [4.78, 5) is 0. The minimum Gasteiger partial charge on any atom is -0.394 e. The van der Waals surface area contributed by atoms with Crippen LogP contribution in [0.3, 0.4) is 0 Å². The van der Waals surface area contributed by atoms with E-state index in [9.17, 15) is 0 Å². The van der Waals surface area contributed by atoms with Gasteiger partial charge in [0.2, 0.25) is 0 Å². The maximum absolute atomic E-state index is 9.14. The first kappa shape index (κ1) is 23.8. The Balaban J connectivity index is 1.45. The normalized spacial score (nSPS) is 43.2. The van der Waals surface area contributed by atoms with Crippen molar-refractivity contribution in [2.24, 2.45) is 46.3 Å². The van der Waals surface area contributed by atoms with E-state index in [0.717, 1.165) is 41.9 Å². The zero-order valence-electron chi connectivity index (χ0n) is 21.2. The number of rotatable bonds is 8. The second kappa shape index (κ2) is 9.49. The summed E-state index contributed by atoms with van der Waals surface area (Å²) in [6.07, 6.45) is 18.0. The molecule has 0 bridgehead atoms. The van der Waals surface area contributed by atoms with E-state index in [1.807, 2.05) is 0 Å². The lowest BCUT2D eigenvalue weighted by atomic mass is 9.47. The second-order valence-electron chi connectivity index (χ2n) is 12.7. The summed E-state index contributed by atoms with van der Waals surface area (Å²) in [6.45, 7) is 13.3. The van der Waals surface area contributed by atoms with Crippen molar-refractivity contribution in [3.63, 3.8) is 0 Å². The molecule has 31 heavy (non-hydrogen) atoms. The first-order valence-electron chi connectivity index (χ1n) is 13.7. The van der Waals surface area contributed by atoms with Gasteiger partial charge in [-0.1, -0.05) is 65.5 Å². The lowest BCUT2D eigenvalue weighted by Gasteiger charge is -2.58. The smallest absolute Gasteiger partial charge is 0.0701 e. The number of ether oxygens (including phenoxy) is 1. The predicted molar refractivity (Wildman–Crippen MR) is 130 cm³/mol. The van der Waals surface area contributed by atoms with Crippen molar-refractivity contribution in [3.05, 3.63) is 11.6 Å². The van der Waals surface area contributed by atoms with Crippen molar-refractivity contribution < 1.29 is 9.84 Å². The highest BCUT2D eigenvalue weighted by atomic mass is 16.5. The Morgan fingerprint density at radius 2 is 1.84 bits per heavy atom. The quantitative estimate of drug-likeness (QED) is 0.406. The van der Waals surface area contributed by atoms with Crippen LogP contribution in [0, 0.1) is 46.3 Å². The van der Waals surface area contributed by atoms with E-state index in [1.165, 1.54) is 64.2 Å². The summed E-state index contributed by atoms with van der Waals surface area (Å²) in [5.41, 5.74) is 2.69. The summed E-state index contributed by atoms with van der Waals surface area (Å²) in [7, 11) is 0. The van der Waals surface area contributed by atoms with E-state index in [1.54, 1.807) is 5.57 Å². The van der Waals surface area contributed by atoms with Gasteiger partial charge in [-0.15, -0.1) is 0 Å². The molecular formula is C29H50O2. The van der Waals surface area contributed by atoms with Crippen molar-refractivity contribution in [2.45, 2.75) is 111 Å². The zero-order valence-corrected chi connectivity index (χ0v) is 21.2. The van der Waals surface area contributed by atoms with Gasteiger partial charge in [-0.3, -0.25) is 0 Å². The molecule has 0 aromatic carbocycles. The van der Waals surface area contributed by atoms with Crippen molar-refractivity contribution in [1.82, 2.24) is 0 Å². The van der Waals surface area contributed by atoms with Crippen molar-refractivity contribution in [2.75, 3.05) is 13.2 Å². The maximum atomic E-state index is 9.14. The summed E-state index contributed by atoms with van der Waals surface area (Å²) in [6, 6.07) is 0. The molecule has 4 aliphatic rings. The van der Waals surface area contributed by atoms with E-state index < -0.39 is 0 Å². The fourth-order valence-electron chi connectivity index (χ4n) is 9.01. The van der Waals surface area contributed by atoms with E-state index >= 15 is 0 Å². The number of allylic oxidation sites excluding steroid dienone is 1. The van der Waals surface area contributed by atoms with E-state index in [2.05, 4.69) is 40.7 Å². The van der Waals surface area contributed by atoms with Gasteiger partial charge in [0, 0.05) is 0 Å². The number of fused-ring (bicyclic) bond motifs is 5. The van der Waals surface area contributed by atoms with Crippen molar-refractivity contribution in [3.8, 4) is 0 Å². The number of aliphatic hydroxyl groups excluding tert-OH is 1. The molecule has 2 heteroatoms. The van der Waals surface area contributed by atoms with Crippen LogP contribution in [0.2, 0.25) is 0 Å². The van der Waals surface area contributed by atoms with Crippen LogP contribution in [0.15, 0.2) is 11.6 Å². The number of hydrogen-bond donors (Lipinski definition) is 1. The molecule has 0 saturated heterocycles. The topological polar surface area (TPSA) is 29.5 Å². The van der Waals surface area contributed by atoms with E-state index in [4.69, 9.17) is 9.84 Å². The van der Waals surface area contributed by atoms with Gasteiger partial charge in [-0.2, -0.15) is 0 Å². The Kier molecular flexibility index (Phi) is 7.29. The molecule has 3 fully saturated rings. The Morgan fingerprint density at radius 1 is 1.03 bits per heavy atom. The minimum absolute atomic E-state index is 0.148. The Bertz CT molecular complexity index is 639. The van der Waals surface area contributed by atoms with Gasteiger partial charge in [0.15, 0.2) is 0 Å². The molecule has 2 nitrogen and oxygen atoms in total. The molecule has 178 valence electrons. The highest BCUT2D eigenvalue weighted by Crippen LogP contribution is 2.67. The van der Waals surface area contributed by atoms with Crippen molar-refractivity contribution >= 4 is 0 Å². The second-order valence-corrected chi connectivity index (χ2v) is 12.7. The Morgan fingerprint density at radius 3 is 2.58 bits per heavy atom. The van der Waals surface area contributed by atoms with Crippen molar-refractivity contribution in [1.29, 1.82) is 0 Å². The third kappa shape index (κ3) is 4.42. The molecule has 0 radical (unpaired) electrons. The zero-order chi connectivity index (χ0) is 22.2. The molecule has 4 aliphatic carbocycles. The average Bonchev–Trinajstić information content (AvgIpc) is 3.09. The van der Waals surface area contributed by atoms with Crippen LogP contribution in [0.5, 0.6) is 0 Å². The molecule has 4 rings (SSSR count). The van der Waals surface area contributed by atoms with Gasteiger partial charge < -0.3 is 9.84 Å². The van der Waals surface area contributed by atoms with Crippen LogP contribution in [-0.4, -0.2) is 24.4 Å². The molecule has 8 atom stereocenters. The van der Waals surface area contributed by atoms with Gasteiger partial charge in [0.25, 0.3) is 0 Å². The molecule has 0 aromatic heterocycles. The highest BCUT2D eigenvalue weighted by Gasteiger charge is 2.59. The van der Waals surface area contributed by atoms with Crippen LogP contribution in [0.4, 0.5) is 0 Å². The first-order chi connectivity index (χ1) is 14.8. The third-order valence-corrected chi connectivity index (χ3v) is 10.7. The fourth-order valence-corrected chi connectivity index (χ4v) is 9.01.